The van der Waals surface area contributed by atoms with E-state index in [-0.39, 0.29) is 33.8 Å². The fourth-order valence-electron chi connectivity index (χ4n) is 3.65. The number of carbonyl (C=O) groups excluding carboxylic acids is 1. The van der Waals surface area contributed by atoms with Gasteiger partial charge >= 0.3 is 6.09 Å². The number of carbonyl (C=O) groups is 1. The monoisotopic (exact) mass is 497 g/mol. The van der Waals surface area contributed by atoms with Gasteiger partial charge in [0.15, 0.2) is 28.9 Å². The van der Waals surface area contributed by atoms with E-state index in [4.69, 9.17) is 14.2 Å². The summed E-state index contributed by atoms with van der Waals surface area (Å²) in [6.07, 6.45) is 5.65. The smallest absolute Gasteiger partial charge is 0.417 e. The van der Waals surface area contributed by atoms with Crippen LogP contribution in [0.25, 0.3) is 22.2 Å². The first-order valence-corrected chi connectivity index (χ1v) is 11.0. The summed E-state index contributed by atoms with van der Waals surface area (Å²) in [6, 6.07) is 5.67. The normalized spacial score (nSPS) is 11.1. The predicted molar refractivity (Wildman–Crippen MR) is 131 cm³/mol. The van der Waals surface area contributed by atoms with E-state index in [9.17, 15) is 4.79 Å². The van der Waals surface area contributed by atoms with Gasteiger partial charge in [0.2, 0.25) is 0 Å². The van der Waals surface area contributed by atoms with Crippen molar-refractivity contribution in [2.24, 2.45) is 0 Å². The van der Waals surface area contributed by atoms with Gasteiger partial charge in [-0.3, -0.25) is 10.3 Å². The third-order valence-corrected chi connectivity index (χ3v) is 5.44. The Labute approximate surface area is 206 Å². The first kappa shape index (κ1) is 24.9. The van der Waals surface area contributed by atoms with Gasteiger partial charge in [0.25, 0.3) is 0 Å². The Morgan fingerprint density at radius 3 is 2.31 bits per heavy atom. The minimum absolute atomic E-state index is 0.0714. The number of hydrogen-bond donors (Lipinski definition) is 1. The molecule has 0 saturated heterocycles. The second kappa shape index (κ2) is 10.6. The molecule has 4 aromatic rings. The number of amides is 1. The minimum atomic E-state index is -0.923. The van der Waals surface area contributed by atoms with Crippen LogP contribution in [0.4, 0.5) is 19.3 Å². The molecule has 0 aliphatic rings. The second-order valence-corrected chi connectivity index (χ2v) is 8.10. The summed E-state index contributed by atoms with van der Waals surface area (Å²) in [5.74, 6) is -2.17. The summed E-state index contributed by atoms with van der Waals surface area (Å²) in [6.45, 7) is 1.60. The highest BCUT2D eigenvalue weighted by molar-refractivity contribution is 5.97. The molecule has 0 bridgehead atoms. The van der Waals surface area contributed by atoms with Gasteiger partial charge in [0.05, 0.1) is 25.5 Å². The number of anilines is 1. The number of methoxy groups -OCH3 is 2. The largest absolute Gasteiger partial charge is 0.494 e. The zero-order valence-corrected chi connectivity index (χ0v) is 20.2. The molecule has 11 heteroatoms. The highest BCUT2D eigenvalue weighted by atomic mass is 19.1. The van der Waals surface area contributed by atoms with Gasteiger partial charge in [-0.1, -0.05) is 0 Å². The van der Waals surface area contributed by atoms with Crippen LogP contribution in [0, 0.1) is 11.6 Å². The zero-order chi connectivity index (χ0) is 25.8. The average molecular weight is 498 g/mol. The maximum atomic E-state index is 15.1. The van der Waals surface area contributed by atoms with Crippen molar-refractivity contribution in [3.8, 4) is 28.4 Å². The van der Waals surface area contributed by atoms with Crippen molar-refractivity contribution < 1.29 is 27.8 Å². The molecule has 188 valence electrons. The van der Waals surface area contributed by atoms with Crippen molar-refractivity contribution >= 4 is 22.8 Å². The molecule has 0 unspecified atom stereocenters. The van der Waals surface area contributed by atoms with Crippen LogP contribution in [0.2, 0.25) is 0 Å². The van der Waals surface area contributed by atoms with Crippen LogP contribution in [0.5, 0.6) is 17.2 Å². The lowest BCUT2D eigenvalue weighted by Gasteiger charge is -2.15. The molecule has 9 nitrogen and oxygen atoms in total. The van der Waals surface area contributed by atoms with Gasteiger partial charge in [0, 0.05) is 49.5 Å². The third kappa shape index (κ3) is 5.05. The maximum absolute atomic E-state index is 15.1. The van der Waals surface area contributed by atoms with Gasteiger partial charge < -0.3 is 23.7 Å². The van der Waals surface area contributed by atoms with Crippen molar-refractivity contribution in [2.75, 3.05) is 40.2 Å². The number of benzene rings is 2. The van der Waals surface area contributed by atoms with Crippen LogP contribution in [0.3, 0.4) is 0 Å². The lowest BCUT2D eigenvalue weighted by molar-refractivity contribution is 0.215. The van der Waals surface area contributed by atoms with Crippen LogP contribution in [-0.2, 0) is 6.54 Å². The number of ether oxygens (including phenoxy) is 3. The third-order valence-electron chi connectivity index (χ3n) is 5.44. The lowest BCUT2D eigenvalue weighted by Crippen LogP contribution is -2.18. The molecule has 1 amide bonds. The maximum Gasteiger partial charge on any atom is 0.417 e. The molecule has 0 fully saturated rings. The van der Waals surface area contributed by atoms with E-state index < -0.39 is 23.3 Å². The second-order valence-electron chi connectivity index (χ2n) is 8.10. The molecule has 1 N–H and O–H groups in total. The molecule has 0 aliphatic carbocycles. The summed E-state index contributed by atoms with van der Waals surface area (Å²) in [5.41, 5.74) is 0.529. The molecule has 0 spiro atoms. The number of nitrogens with zero attached hydrogens (tertiary/aromatic N) is 4. The van der Waals surface area contributed by atoms with E-state index in [1.807, 2.05) is 24.9 Å². The Kier molecular flexibility index (Phi) is 7.30. The quantitative estimate of drug-likeness (QED) is 0.382. The molecule has 2 aromatic carbocycles. The lowest BCUT2D eigenvalue weighted by atomic mass is 10.0. The molecule has 2 aromatic heterocycles. The Hall–Kier alpha value is -4.25. The summed E-state index contributed by atoms with van der Waals surface area (Å²) in [5, 5.41) is 2.66. The number of rotatable bonds is 8. The van der Waals surface area contributed by atoms with Gasteiger partial charge in [0.1, 0.15) is 11.0 Å². The average Bonchev–Trinajstić information content (AvgIpc) is 3.31. The van der Waals surface area contributed by atoms with Crippen LogP contribution < -0.4 is 19.5 Å². The van der Waals surface area contributed by atoms with Crippen molar-refractivity contribution in [2.45, 2.75) is 6.54 Å². The molecule has 4 rings (SSSR count). The Balaban J connectivity index is 1.65. The highest BCUT2D eigenvalue weighted by Gasteiger charge is 2.25. The van der Waals surface area contributed by atoms with E-state index in [0.29, 0.717) is 5.69 Å². The SMILES string of the molecule is COc1cc(OC)c(F)c(-c2ccc(OC(=O)Nc3ccn(CCN(C)C)c3)c3nccnc23)c1F. The van der Waals surface area contributed by atoms with Gasteiger partial charge in [-0.25, -0.2) is 18.6 Å². The molecule has 36 heavy (non-hydrogen) atoms. The van der Waals surface area contributed by atoms with E-state index in [2.05, 4.69) is 20.2 Å². The highest BCUT2D eigenvalue weighted by Crippen LogP contribution is 2.41. The molecular weight excluding hydrogens is 472 g/mol. The fraction of sp³-hybridized carbons (Fsp3) is 0.240. The number of nitrogens with one attached hydrogen (secondary N) is 1. The van der Waals surface area contributed by atoms with Crippen molar-refractivity contribution in [3.63, 3.8) is 0 Å². The number of halogens is 2. The van der Waals surface area contributed by atoms with Crippen molar-refractivity contribution in [1.82, 2.24) is 19.4 Å². The van der Waals surface area contributed by atoms with Gasteiger partial charge in [-0.2, -0.15) is 0 Å². The summed E-state index contributed by atoms with van der Waals surface area (Å²) in [4.78, 5) is 23.1. The van der Waals surface area contributed by atoms with Gasteiger partial charge in [-0.15, -0.1) is 0 Å². The van der Waals surface area contributed by atoms with Crippen LogP contribution in [0.1, 0.15) is 0 Å². The molecule has 0 aliphatic heterocycles. The fourth-order valence-corrected chi connectivity index (χ4v) is 3.65. The summed E-state index contributed by atoms with van der Waals surface area (Å²) in [7, 11) is 6.49. The number of fused-ring (bicyclic) bond motifs is 1. The summed E-state index contributed by atoms with van der Waals surface area (Å²) < 4.78 is 47.8. The van der Waals surface area contributed by atoms with E-state index in [0.717, 1.165) is 19.2 Å². The minimum Gasteiger partial charge on any atom is -0.494 e. The van der Waals surface area contributed by atoms with Crippen LogP contribution >= 0.6 is 0 Å². The summed E-state index contributed by atoms with van der Waals surface area (Å²) >= 11 is 0. The van der Waals surface area contributed by atoms with E-state index in [1.165, 1.54) is 38.7 Å². The van der Waals surface area contributed by atoms with Crippen LogP contribution in [-0.4, -0.2) is 60.4 Å². The standard InChI is InChI=1S/C25H25F2N5O4/c1-31(2)11-12-32-10-7-15(14-32)30-25(33)36-17-6-5-16(23-24(17)29-9-8-28-23)20-21(26)18(34-3)13-19(35-4)22(20)27/h5-10,13-14H,11-12H2,1-4H3,(H,30,33). The van der Waals surface area contributed by atoms with Crippen molar-refractivity contribution in [3.05, 3.63) is 60.7 Å². The van der Waals surface area contributed by atoms with Crippen molar-refractivity contribution in [1.29, 1.82) is 0 Å². The van der Waals surface area contributed by atoms with Gasteiger partial charge in [-0.05, 0) is 32.3 Å². The molecule has 0 atom stereocenters. The number of aromatic nitrogens is 3. The van der Waals surface area contributed by atoms with E-state index >= 15 is 8.78 Å². The number of hydrogen-bond acceptors (Lipinski definition) is 7. The van der Waals surface area contributed by atoms with Crippen LogP contribution in [0.15, 0.2) is 49.1 Å². The number of likely N-dealkylation sites (N-methyl/N-ethyl adjacent to an activating group) is 1. The predicted octanol–water partition coefficient (Wildman–Crippen LogP) is 4.57. The van der Waals surface area contributed by atoms with E-state index in [1.54, 1.807) is 12.3 Å². The Morgan fingerprint density at radius 1 is 1.00 bits per heavy atom. The zero-order valence-electron chi connectivity index (χ0n) is 20.2. The Morgan fingerprint density at radius 2 is 1.67 bits per heavy atom. The molecule has 0 saturated carbocycles. The molecule has 0 radical (unpaired) electrons. The first-order valence-electron chi connectivity index (χ1n) is 11.0. The topological polar surface area (TPSA) is 90.7 Å². The first-order chi connectivity index (χ1) is 17.3. The Bertz CT molecular complexity index is 1380. The molecular formula is C25H25F2N5O4. The molecule has 2 heterocycles.